The van der Waals surface area contributed by atoms with Crippen molar-refractivity contribution in [2.75, 3.05) is 11.1 Å². The molecular formula is C16H11N5O6S. The number of nitro groups is 2. The van der Waals surface area contributed by atoms with Crippen LogP contribution in [0.15, 0.2) is 58.2 Å². The Morgan fingerprint density at radius 1 is 0.964 bits per heavy atom. The van der Waals surface area contributed by atoms with E-state index >= 15 is 0 Å². The molecule has 142 valence electrons. The Morgan fingerprint density at radius 2 is 1.54 bits per heavy atom. The van der Waals surface area contributed by atoms with Crippen LogP contribution in [-0.2, 0) is 4.79 Å². The second-order valence-corrected chi connectivity index (χ2v) is 6.24. The van der Waals surface area contributed by atoms with Gasteiger partial charge in [-0.05, 0) is 24.3 Å². The number of carbonyl (C=O) groups excluding carboxylic acids is 1. The Bertz CT molecular complexity index is 1020. The van der Waals surface area contributed by atoms with Crippen LogP contribution < -0.4 is 5.32 Å². The normalized spacial score (nSPS) is 10.4. The number of nitrogens with one attached hydrogen (secondary N) is 1. The fraction of sp³-hybridized carbons (Fsp3) is 0.0625. The number of nitro benzene ring substituents is 2. The van der Waals surface area contributed by atoms with E-state index in [0.29, 0.717) is 11.3 Å². The second kappa shape index (κ2) is 8.26. The van der Waals surface area contributed by atoms with Crippen LogP contribution in [0.5, 0.6) is 0 Å². The van der Waals surface area contributed by atoms with Gasteiger partial charge < -0.3 is 9.73 Å². The summed E-state index contributed by atoms with van der Waals surface area (Å²) in [5, 5.41) is 31.7. The van der Waals surface area contributed by atoms with Gasteiger partial charge in [0.25, 0.3) is 16.6 Å². The number of hydrogen-bond acceptors (Lipinski definition) is 9. The molecule has 0 bridgehead atoms. The Hall–Kier alpha value is -3.80. The molecule has 3 rings (SSSR count). The molecule has 0 fully saturated rings. The van der Waals surface area contributed by atoms with Gasteiger partial charge in [-0.25, -0.2) is 0 Å². The van der Waals surface area contributed by atoms with Gasteiger partial charge in [-0.2, -0.15) is 0 Å². The first-order valence-electron chi connectivity index (χ1n) is 7.68. The number of aromatic nitrogens is 2. The van der Waals surface area contributed by atoms with Gasteiger partial charge in [-0.1, -0.05) is 11.8 Å². The van der Waals surface area contributed by atoms with Crippen molar-refractivity contribution in [3.63, 3.8) is 0 Å². The Labute approximate surface area is 161 Å². The number of nitrogens with zero attached hydrogens (tertiary/aromatic N) is 4. The van der Waals surface area contributed by atoms with Crippen molar-refractivity contribution in [1.82, 2.24) is 10.2 Å². The number of thioether (sulfide) groups is 1. The summed E-state index contributed by atoms with van der Waals surface area (Å²) in [7, 11) is 0. The Balaban J connectivity index is 1.55. The molecule has 1 heterocycles. The molecule has 0 atom stereocenters. The molecule has 0 radical (unpaired) electrons. The van der Waals surface area contributed by atoms with E-state index in [1.807, 2.05) is 0 Å². The molecule has 2 aromatic carbocycles. The minimum absolute atomic E-state index is 0.0150. The topological polar surface area (TPSA) is 154 Å². The smallest absolute Gasteiger partial charge is 0.277 e. The molecule has 0 aliphatic carbocycles. The summed E-state index contributed by atoms with van der Waals surface area (Å²) < 4.78 is 5.43. The van der Waals surface area contributed by atoms with E-state index in [4.69, 9.17) is 4.42 Å². The average molecular weight is 401 g/mol. The zero-order chi connectivity index (χ0) is 20.1. The maximum Gasteiger partial charge on any atom is 0.277 e. The maximum atomic E-state index is 12.0. The summed E-state index contributed by atoms with van der Waals surface area (Å²) >= 11 is 1.01. The van der Waals surface area contributed by atoms with Gasteiger partial charge in [0.2, 0.25) is 11.8 Å². The first-order valence-corrected chi connectivity index (χ1v) is 8.66. The van der Waals surface area contributed by atoms with Gasteiger partial charge in [0, 0.05) is 35.5 Å². The van der Waals surface area contributed by atoms with E-state index in [0.717, 1.165) is 11.8 Å². The quantitative estimate of drug-likeness (QED) is 0.356. The molecule has 28 heavy (non-hydrogen) atoms. The molecular weight excluding hydrogens is 390 g/mol. The molecule has 1 N–H and O–H groups in total. The Morgan fingerprint density at radius 3 is 2.11 bits per heavy atom. The largest absolute Gasteiger partial charge is 0.411 e. The lowest BCUT2D eigenvalue weighted by Crippen LogP contribution is -2.13. The predicted octanol–water partition coefficient (Wildman–Crippen LogP) is 3.28. The van der Waals surface area contributed by atoms with E-state index < -0.39 is 9.85 Å². The number of rotatable bonds is 7. The van der Waals surface area contributed by atoms with Crippen LogP contribution in [-0.4, -0.2) is 31.7 Å². The molecule has 3 aromatic rings. The average Bonchev–Trinajstić information content (AvgIpc) is 3.16. The third kappa shape index (κ3) is 4.67. The molecule has 0 saturated heterocycles. The highest BCUT2D eigenvalue weighted by Crippen LogP contribution is 2.25. The lowest BCUT2D eigenvalue weighted by atomic mass is 10.2. The van der Waals surface area contributed by atoms with Crippen LogP contribution in [0.25, 0.3) is 11.5 Å². The number of anilines is 1. The summed E-state index contributed by atoms with van der Waals surface area (Å²) in [5.41, 5.74) is 0.811. The number of benzene rings is 2. The maximum absolute atomic E-state index is 12.0. The van der Waals surface area contributed by atoms with Crippen molar-refractivity contribution in [2.45, 2.75) is 5.22 Å². The summed E-state index contributed by atoms with van der Waals surface area (Å²) in [5.74, 6) is -0.194. The summed E-state index contributed by atoms with van der Waals surface area (Å²) in [6, 6.07) is 11.1. The van der Waals surface area contributed by atoms with Crippen LogP contribution >= 0.6 is 11.8 Å². The van der Waals surface area contributed by atoms with Gasteiger partial charge in [-0.3, -0.25) is 25.0 Å². The number of amides is 1. The molecule has 0 aliphatic rings. The van der Waals surface area contributed by atoms with Crippen LogP contribution in [0, 0.1) is 20.2 Å². The lowest BCUT2D eigenvalue weighted by molar-refractivity contribution is -0.385. The molecule has 11 nitrogen and oxygen atoms in total. The van der Waals surface area contributed by atoms with Crippen molar-refractivity contribution in [3.05, 3.63) is 68.8 Å². The zero-order valence-electron chi connectivity index (χ0n) is 14.0. The van der Waals surface area contributed by atoms with E-state index in [2.05, 4.69) is 15.5 Å². The van der Waals surface area contributed by atoms with Crippen LogP contribution in [0.2, 0.25) is 0 Å². The van der Waals surface area contributed by atoms with Gasteiger partial charge in [-0.15, -0.1) is 10.2 Å². The predicted molar refractivity (Wildman–Crippen MR) is 98.8 cm³/mol. The standard InChI is InChI=1S/C16H11N5O6S/c22-14(17-11-3-7-13(8-4-11)21(25)26)9-28-16-19-18-15(27-16)10-1-5-12(6-2-10)20(23)24/h1-8H,9H2,(H,17,22). The highest BCUT2D eigenvalue weighted by Gasteiger charge is 2.13. The first kappa shape index (κ1) is 19.0. The van der Waals surface area contributed by atoms with Gasteiger partial charge >= 0.3 is 0 Å². The van der Waals surface area contributed by atoms with Crippen molar-refractivity contribution >= 4 is 34.7 Å². The van der Waals surface area contributed by atoms with Crippen LogP contribution in [0.4, 0.5) is 17.1 Å². The van der Waals surface area contributed by atoms with Crippen molar-refractivity contribution in [1.29, 1.82) is 0 Å². The highest BCUT2D eigenvalue weighted by atomic mass is 32.2. The molecule has 0 aliphatic heterocycles. The van der Waals surface area contributed by atoms with E-state index in [1.54, 1.807) is 0 Å². The number of non-ortho nitro benzene ring substituents is 2. The van der Waals surface area contributed by atoms with E-state index in [9.17, 15) is 25.0 Å². The Kier molecular flexibility index (Phi) is 5.60. The SMILES string of the molecule is O=C(CSc1nnc(-c2ccc([N+](=O)[O-])cc2)o1)Nc1ccc([N+](=O)[O-])cc1. The molecule has 1 amide bonds. The van der Waals surface area contributed by atoms with Gasteiger partial charge in [0.15, 0.2) is 0 Å². The highest BCUT2D eigenvalue weighted by molar-refractivity contribution is 7.99. The van der Waals surface area contributed by atoms with E-state index in [-0.39, 0.29) is 34.1 Å². The van der Waals surface area contributed by atoms with Crippen molar-refractivity contribution in [3.8, 4) is 11.5 Å². The fourth-order valence-electron chi connectivity index (χ4n) is 2.10. The molecule has 12 heteroatoms. The molecule has 0 saturated carbocycles. The van der Waals surface area contributed by atoms with Crippen molar-refractivity contribution in [2.24, 2.45) is 0 Å². The van der Waals surface area contributed by atoms with Crippen LogP contribution in [0.3, 0.4) is 0 Å². The third-order valence-corrected chi connectivity index (χ3v) is 4.24. The second-order valence-electron chi connectivity index (χ2n) is 5.32. The lowest BCUT2D eigenvalue weighted by Gasteiger charge is -2.03. The minimum atomic E-state index is -0.528. The van der Waals surface area contributed by atoms with E-state index in [1.165, 1.54) is 48.5 Å². The van der Waals surface area contributed by atoms with Gasteiger partial charge in [0.05, 0.1) is 15.6 Å². The number of carbonyl (C=O) groups is 1. The minimum Gasteiger partial charge on any atom is -0.411 e. The monoisotopic (exact) mass is 401 g/mol. The third-order valence-electron chi connectivity index (χ3n) is 3.42. The molecule has 1 aromatic heterocycles. The summed E-state index contributed by atoms with van der Waals surface area (Å²) in [4.78, 5) is 32.2. The summed E-state index contributed by atoms with van der Waals surface area (Å²) in [6.07, 6.45) is 0. The van der Waals surface area contributed by atoms with Crippen molar-refractivity contribution < 1.29 is 19.1 Å². The molecule has 0 unspecified atom stereocenters. The molecule has 0 spiro atoms. The number of hydrogen-bond donors (Lipinski definition) is 1. The zero-order valence-corrected chi connectivity index (χ0v) is 14.8. The summed E-state index contributed by atoms with van der Waals surface area (Å²) in [6.45, 7) is 0. The van der Waals surface area contributed by atoms with Gasteiger partial charge in [0.1, 0.15) is 0 Å². The first-order chi connectivity index (χ1) is 13.4. The van der Waals surface area contributed by atoms with Crippen LogP contribution in [0.1, 0.15) is 0 Å². The fourth-order valence-corrected chi connectivity index (χ4v) is 2.66.